The number of nitrogens with one attached hydrogen (secondary N) is 1. The lowest BCUT2D eigenvalue weighted by Gasteiger charge is -2.14. The summed E-state index contributed by atoms with van der Waals surface area (Å²) in [6.07, 6.45) is -0.173. The third-order valence-corrected chi connectivity index (χ3v) is 3.65. The van der Waals surface area contributed by atoms with Crippen LogP contribution in [0.5, 0.6) is 11.5 Å². The van der Waals surface area contributed by atoms with Crippen molar-refractivity contribution in [2.75, 3.05) is 18.5 Å². The summed E-state index contributed by atoms with van der Waals surface area (Å²) in [6, 6.07) is 16.4. The number of anilines is 1. The summed E-state index contributed by atoms with van der Waals surface area (Å²) in [5.41, 5.74) is 0.614. The van der Waals surface area contributed by atoms with Gasteiger partial charge in [-0.25, -0.2) is 0 Å². The Labute approximate surface area is 159 Å². The Hall–Kier alpha value is -3.02. The molecule has 0 spiro atoms. The van der Waals surface area contributed by atoms with Gasteiger partial charge in [-0.2, -0.15) is 0 Å². The van der Waals surface area contributed by atoms with Crippen LogP contribution in [0.2, 0.25) is 0 Å². The highest BCUT2D eigenvalue weighted by molar-refractivity contribution is 5.95. The van der Waals surface area contributed by atoms with E-state index in [1.807, 2.05) is 37.3 Å². The first kappa shape index (κ1) is 20.3. The SMILES string of the molecule is CCOc1ccc(NC(=O)[C@H](C)OC(=O)CCCOc2ccccc2)cc1. The molecule has 27 heavy (non-hydrogen) atoms. The van der Waals surface area contributed by atoms with E-state index in [1.165, 1.54) is 0 Å². The van der Waals surface area contributed by atoms with Gasteiger partial charge in [0.1, 0.15) is 11.5 Å². The average Bonchev–Trinajstić information content (AvgIpc) is 2.68. The van der Waals surface area contributed by atoms with E-state index >= 15 is 0 Å². The van der Waals surface area contributed by atoms with Gasteiger partial charge in [0.15, 0.2) is 6.10 Å². The van der Waals surface area contributed by atoms with Gasteiger partial charge >= 0.3 is 5.97 Å². The van der Waals surface area contributed by atoms with Gasteiger partial charge in [-0.3, -0.25) is 9.59 Å². The topological polar surface area (TPSA) is 73.9 Å². The third-order valence-electron chi connectivity index (χ3n) is 3.65. The number of esters is 1. The van der Waals surface area contributed by atoms with Gasteiger partial charge in [-0.15, -0.1) is 0 Å². The van der Waals surface area contributed by atoms with Crippen molar-refractivity contribution >= 4 is 17.6 Å². The normalized spacial score (nSPS) is 11.3. The molecule has 0 radical (unpaired) electrons. The maximum absolute atomic E-state index is 12.1. The van der Waals surface area contributed by atoms with Crippen molar-refractivity contribution in [2.24, 2.45) is 0 Å². The zero-order valence-corrected chi connectivity index (χ0v) is 15.6. The van der Waals surface area contributed by atoms with Crippen molar-refractivity contribution in [2.45, 2.75) is 32.8 Å². The number of hydrogen-bond donors (Lipinski definition) is 1. The minimum atomic E-state index is -0.876. The van der Waals surface area contributed by atoms with Crippen molar-refractivity contribution < 1.29 is 23.8 Å². The molecule has 0 aliphatic heterocycles. The smallest absolute Gasteiger partial charge is 0.306 e. The fourth-order valence-corrected chi connectivity index (χ4v) is 2.28. The highest BCUT2D eigenvalue weighted by Crippen LogP contribution is 2.16. The van der Waals surface area contributed by atoms with E-state index < -0.39 is 12.1 Å². The lowest BCUT2D eigenvalue weighted by atomic mass is 10.2. The van der Waals surface area contributed by atoms with Crippen LogP contribution in [0.15, 0.2) is 54.6 Å². The van der Waals surface area contributed by atoms with E-state index in [4.69, 9.17) is 14.2 Å². The Balaban J connectivity index is 1.67. The first-order valence-corrected chi connectivity index (χ1v) is 8.99. The molecule has 0 fully saturated rings. The van der Waals surface area contributed by atoms with Crippen LogP contribution in [-0.2, 0) is 14.3 Å². The highest BCUT2D eigenvalue weighted by Gasteiger charge is 2.17. The molecule has 0 heterocycles. The maximum atomic E-state index is 12.1. The molecule has 0 saturated heterocycles. The molecular formula is C21H25NO5. The van der Waals surface area contributed by atoms with E-state index in [0.717, 1.165) is 11.5 Å². The van der Waals surface area contributed by atoms with Gasteiger partial charge < -0.3 is 19.5 Å². The summed E-state index contributed by atoms with van der Waals surface area (Å²) in [7, 11) is 0. The van der Waals surface area contributed by atoms with E-state index in [2.05, 4.69) is 5.32 Å². The Morgan fingerprint density at radius 1 is 0.963 bits per heavy atom. The number of para-hydroxylation sites is 1. The molecule has 2 rings (SSSR count). The van der Waals surface area contributed by atoms with Gasteiger partial charge in [-0.1, -0.05) is 18.2 Å². The molecule has 0 aliphatic carbocycles. The molecule has 6 nitrogen and oxygen atoms in total. The summed E-state index contributed by atoms with van der Waals surface area (Å²) in [6.45, 7) is 4.43. The number of benzene rings is 2. The lowest BCUT2D eigenvalue weighted by molar-refractivity contribution is -0.153. The van der Waals surface area contributed by atoms with E-state index in [1.54, 1.807) is 31.2 Å². The monoisotopic (exact) mass is 371 g/mol. The first-order valence-electron chi connectivity index (χ1n) is 8.99. The lowest BCUT2D eigenvalue weighted by Crippen LogP contribution is -2.30. The molecule has 0 aromatic heterocycles. The summed E-state index contributed by atoms with van der Waals surface area (Å²) in [5.74, 6) is 0.677. The van der Waals surface area contributed by atoms with Crippen LogP contribution in [0.3, 0.4) is 0 Å². The van der Waals surface area contributed by atoms with Crippen LogP contribution in [0.4, 0.5) is 5.69 Å². The Morgan fingerprint density at radius 2 is 1.63 bits per heavy atom. The zero-order chi connectivity index (χ0) is 19.5. The van der Waals surface area contributed by atoms with Gasteiger partial charge in [0.2, 0.25) is 0 Å². The van der Waals surface area contributed by atoms with Crippen LogP contribution in [0.1, 0.15) is 26.7 Å². The standard InChI is InChI=1S/C21H25NO5/c1-3-25-19-13-11-17(12-14-19)22-21(24)16(2)27-20(23)10-7-15-26-18-8-5-4-6-9-18/h4-6,8-9,11-14,16H,3,7,10,15H2,1-2H3,(H,22,24)/t16-/m0/s1. The summed E-state index contributed by atoms with van der Waals surface area (Å²) < 4.78 is 16.0. The number of hydrogen-bond acceptors (Lipinski definition) is 5. The molecule has 2 aromatic rings. The zero-order valence-electron chi connectivity index (χ0n) is 15.6. The Kier molecular flexibility index (Phi) is 8.16. The third kappa shape index (κ3) is 7.40. The molecule has 2 aromatic carbocycles. The Morgan fingerprint density at radius 3 is 2.30 bits per heavy atom. The van der Waals surface area contributed by atoms with Crippen molar-refractivity contribution in [3.8, 4) is 11.5 Å². The van der Waals surface area contributed by atoms with Crippen LogP contribution in [-0.4, -0.2) is 31.2 Å². The predicted octanol–water partition coefficient (Wildman–Crippen LogP) is 3.81. The molecular weight excluding hydrogens is 346 g/mol. The van der Waals surface area contributed by atoms with Crippen LogP contribution < -0.4 is 14.8 Å². The molecule has 0 bridgehead atoms. The summed E-state index contributed by atoms with van der Waals surface area (Å²) >= 11 is 0. The van der Waals surface area contributed by atoms with Gasteiger partial charge in [0.25, 0.3) is 5.91 Å². The van der Waals surface area contributed by atoms with Gasteiger partial charge in [0, 0.05) is 12.1 Å². The van der Waals surface area contributed by atoms with Gasteiger partial charge in [0.05, 0.1) is 13.2 Å². The highest BCUT2D eigenvalue weighted by atomic mass is 16.5. The summed E-state index contributed by atoms with van der Waals surface area (Å²) in [4.78, 5) is 24.0. The van der Waals surface area contributed by atoms with E-state index in [9.17, 15) is 9.59 Å². The average molecular weight is 371 g/mol. The number of ether oxygens (including phenoxy) is 3. The molecule has 6 heteroatoms. The van der Waals surface area contributed by atoms with Crippen LogP contribution >= 0.6 is 0 Å². The molecule has 144 valence electrons. The van der Waals surface area contributed by atoms with Crippen molar-refractivity contribution in [3.05, 3.63) is 54.6 Å². The van der Waals surface area contributed by atoms with Crippen molar-refractivity contribution in [1.29, 1.82) is 0 Å². The summed E-state index contributed by atoms with van der Waals surface area (Å²) in [5, 5.41) is 2.71. The number of amides is 1. The largest absolute Gasteiger partial charge is 0.494 e. The number of carbonyl (C=O) groups excluding carboxylic acids is 2. The Bertz CT molecular complexity index is 715. The van der Waals surface area contributed by atoms with E-state index in [-0.39, 0.29) is 12.3 Å². The second kappa shape index (κ2) is 10.9. The van der Waals surface area contributed by atoms with E-state index in [0.29, 0.717) is 25.3 Å². The fraction of sp³-hybridized carbons (Fsp3) is 0.333. The number of carbonyl (C=O) groups is 2. The van der Waals surface area contributed by atoms with Crippen molar-refractivity contribution in [3.63, 3.8) is 0 Å². The van der Waals surface area contributed by atoms with Crippen molar-refractivity contribution in [1.82, 2.24) is 0 Å². The molecule has 0 aliphatic rings. The second-order valence-corrected chi connectivity index (χ2v) is 5.84. The predicted molar refractivity (Wildman–Crippen MR) is 103 cm³/mol. The second-order valence-electron chi connectivity index (χ2n) is 5.84. The fourth-order valence-electron chi connectivity index (χ4n) is 2.28. The molecule has 1 N–H and O–H groups in total. The first-order chi connectivity index (χ1) is 13.1. The minimum Gasteiger partial charge on any atom is -0.494 e. The quantitative estimate of drug-likeness (QED) is 0.508. The van der Waals surface area contributed by atoms with Crippen LogP contribution in [0.25, 0.3) is 0 Å². The maximum Gasteiger partial charge on any atom is 0.306 e. The molecule has 0 unspecified atom stereocenters. The van der Waals surface area contributed by atoms with Crippen LogP contribution in [0, 0.1) is 0 Å². The van der Waals surface area contributed by atoms with Gasteiger partial charge in [-0.05, 0) is 56.7 Å². The minimum absolute atomic E-state index is 0.188. The molecule has 1 atom stereocenters. The number of rotatable bonds is 10. The molecule has 0 saturated carbocycles. The molecule has 1 amide bonds.